The summed E-state index contributed by atoms with van der Waals surface area (Å²) in [6.07, 6.45) is 2.57. The molecule has 0 spiro atoms. The van der Waals surface area contributed by atoms with Crippen LogP contribution in [0.2, 0.25) is 0 Å². The van der Waals surface area contributed by atoms with Crippen molar-refractivity contribution in [2.75, 3.05) is 11.9 Å². The molecule has 0 aromatic heterocycles. The molecule has 1 amide bonds. The number of aromatic carboxylic acids is 1. The zero-order valence-electron chi connectivity index (χ0n) is 11.8. The number of benzene rings is 1. The van der Waals surface area contributed by atoms with E-state index in [4.69, 9.17) is 5.11 Å². The molecule has 5 nitrogen and oxygen atoms in total. The Morgan fingerprint density at radius 1 is 1.45 bits per heavy atom. The van der Waals surface area contributed by atoms with E-state index in [1.807, 2.05) is 6.92 Å². The van der Waals surface area contributed by atoms with Crippen molar-refractivity contribution in [3.05, 3.63) is 29.3 Å². The first-order chi connectivity index (χ1) is 9.48. The maximum Gasteiger partial charge on any atom is 0.335 e. The number of carbonyl (C=O) groups is 2. The predicted molar refractivity (Wildman–Crippen MR) is 77.0 cm³/mol. The van der Waals surface area contributed by atoms with E-state index in [9.17, 15) is 9.59 Å². The molecular weight excluding hydrogens is 256 g/mol. The largest absolute Gasteiger partial charge is 0.478 e. The first kappa shape index (κ1) is 14.5. The molecule has 20 heavy (non-hydrogen) atoms. The van der Waals surface area contributed by atoms with E-state index in [1.54, 1.807) is 19.1 Å². The number of carboxylic acid groups (broad SMARTS) is 1. The van der Waals surface area contributed by atoms with Gasteiger partial charge in [0.15, 0.2) is 0 Å². The van der Waals surface area contributed by atoms with E-state index in [-0.39, 0.29) is 11.5 Å². The number of aryl methyl sites for hydroxylation is 1. The first-order valence-electron chi connectivity index (χ1n) is 6.89. The Balaban J connectivity index is 2.16. The minimum atomic E-state index is -0.956. The smallest absolute Gasteiger partial charge is 0.335 e. The molecule has 0 aliphatic carbocycles. The SMILES string of the molecule is CCC1(C(=O)Nc2ccc(C(=O)O)c(C)c2)CCCN1. The van der Waals surface area contributed by atoms with Crippen LogP contribution in [0.3, 0.4) is 0 Å². The molecule has 108 valence electrons. The van der Waals surface area contributed by atoms with Crippen LogP contribution in [0.15, 0.2) is 18.2 Å². The molecule has 1 aromatic carbocycles. The molecule has 2 rings (SSSR count). The van der Waals surface area contributed by atoms with Crippen molar-refractivity contribution in [3.8, 4) is 0 Å². The van der Waals surface area contributed by atoms with Crippen LogP contribution in [-0.2, 0) is 4.79 Å². The Morgan fingerprint density at radius 3 is 2.70 bits per heavy atom. The lowest BCUT2D eigenvalue weighted by atomic mass is 9.93. The lowest BCUT2D eigenvalue weighted by Gasteiger charge is -2.26. The molecule has 1 aliphatic rings. The summed E-state index contributed by atoms with van der Waals surface area (Å²) in [5.74, 6) is -0.997. The van der Waals surface area contributed by atoms with E-state index < -0.39 is 11.5 Å². The van der Waals surface area contributed by atoms with Gasteiger partial charge in [-0.25, -0.2) is 4.79 Å². The van der Waals surface area contributed by atoms with Crippen LogP contribution >= 0.6 is 0 Å². The predicted octanol–water partition coefficient (Wildman–Crippen LogP) is 2.16. The van der Waals surface area contributed by atoms with E-state index in [2.05, 4.69) is 10.6 Å². The second-order valence-corrected chi connectivity index (χ2v) is 5.25. The van der Waals surface area contributed by atoms with Crippen LogP contribution in [0.4, 0.5) is 5.69 Å². The van der Waals surface area contributed by atoms with Gasteiger partial charge in [-0.1, -0.05) is 6.92 Å². The summed E-state index contributed by atoms with van der Waals surface area (Å²) in [4.78, 5) is 23.4. The Kier molecular flexibility index (Phi) is 4.09. The van der Waals surface area contributed by atoms with Crippen LogP contribution in [0.25, 0.3) is 0 Å². The third kappa shape index (κ3) is 2.67. The van der Waals surface area contributed by atoms with E-state index in [0.717, 1.165) is 25.8 Å². The van der Waals surface area contributed by atoms with E-state index in [0.29, 0.717) is 11.3 Å². The van der Waals surface area contributed by atoms with Gasteiger partial charge < -0.3 is 15.7 Å². The van der Waals surface area contributed by atoms with Gasteiger partial charge in [0.05, 0.1) is 11.1 Å². The van der Waals surface area contributed by atoms with Crippen molar-refractivity contribution < 1.29 is 14.7 Å². The van der Waals surface area contributed by atoms with Crippen LogP contribution in [-0.4, -0.2) is 29.1 Å². The quantitative estimate of drug-likeness (QED) is 0.787. The van der Waals surface area contributed by atoms with E-state index >= 15 is 0 Å². The van der Waals surface area contributed by atoms with Crippen molar-refractivity contribution in [3.63, 3.8) is 0 Å². The highest BCUT2D eigenvalue weighted by atomic mass is 16.4. The third-order valence-corrected chi connectivity index (χ3v) is 4.00. The molecule has 1 heterocycles. The second-order valence-electron chi connectivity index (χ2n) is 5.25. The number of carboxylic acids is 1. The van der Waals surface area contributed by atoms with Gasteiger partial charge >= 0.3 is 5.97 Å². The molecule has 5 heteroatoms. The van der Waals surface area contributed by atoms with Gasteiger partial charge in [-0.05, 0) is 56.5 Å². The van der Waals surface area contributed by atoms with Crippen molar-refractivity contribution in [1.29, 1.82) is 0 Å². The van der Waals surface area contributed by atoms with Gasteiger partial charge in [0, 0.05) is 5.69 Å². The molecule has 0 bridgehead atoms. The lowest BCUT2D eigenvalue weighted by Crippen LogP contribution is -2.50. The Bertz CT molecular complexity index is 534. The van der Waals surface area contributed by atoms with Crippen LogP contribution in [0.1, 0.15) is 42.1 Å². The monoisotopic (exact) mass is 276 g/mol. The summed E-state index contributed by atoms with van der Waals surface area (Å²) in [5.41, 5.74) is 1.05. The summed E-state index contributed by atoms with van der Waals surface area (Å²) < 4.78 is 0. The zero-order valence-corrected chi connectivity index (χ0v) is 11.8. The molecule has 0 radical (unpaired) electrons. The fourth-order valence-electron chi connectivity index (χ4n) is 2.69. The minimum absolute atomic E-state index is 0.0417. The van der Waals surface area contributed by atoms with Crippen LogP contribution in [0.5, 0.6) is 0 Å². The maximum atomic E-state index is 12.4. The van der Waals surface area contributed by atoms with Crippen molar-refractivity contribution in [1.82, 2.24) is 5.32 Å². The van der Waals surface area contributed by atoms with Crippen molar-refractivity contribution in [2.24, 2.45) is 0 Å². The molecule has 1 aromatic rings. The summed E-state index contributed by atoms with van der Waals surface area (Å²) >= 11 is 0. The van der Waals surface area contributed by atoms with Gasteiger partial charge in [0.1, 0.15) is 0 Å². The molecule has 1 unspecified atom stereocenters. The molecule has 1 atom stereocenters. The molecule has 3 N–H and O–H groups in total. The number of carbonyl (C=O) groups excluding carboxylic acids is 1. The lowest BCUT2D eigenvalue weighted by molar-refractivity contribution is -0.122. The summed E-state index contributed by atoms with van der Waals surface area (Å²) in [6.45, 7) is 4.58. The van der Waals surface area contributed by atoms with E-state index in [1.165, 1.54) is 6.07 Å². The fraction of sp³-hybridized carbons (Fsp3) is 0.467. The summed E-state index contributed by atoms with van der Waals surface area (Å²) in [6, 6.07) is 4.85. The summed E-state index contributed by atoms with van der Waals surface area (Å²) in [5, 5.41) is 15.2. The highest BCUT2D eigenvalue weighted by Gasteiger charge is 2.39. The number of nitrogens with one attached hydrogen (secondary N) is 2. The van der Waals surface area contributed by atoms with Gasteiger partial charge in [0.2, 0.25) is 5.91 Å². The second kappa shape index (κ2) is 5.63. The molecule has 1 aliphatic heterocycles. The minimum Gasteiger partial charge on any atom is -0.478 e. The molecule has 1 saturated heterocycles. The average molecular weight is 276 g/mol. The number of rotatable bonds is 4. The molecular formula is C15H20N2O3. The average Bonchev–Trinajstić information content (AvgIpc) is 2.88. The number of amides is 1. The topological polar surface area (TPSA) is 78.4 Å². The molecule has 1 fully saturated rings. The van der Waals surface area contributed by atoms with Crippen molar-refractivity contribution >= 4 is 17.6 Å². The van der Waals surface area contributed by atoms with Gasteiger partial charge in [0.25, 0.3) is 0 Å². The van der Waals surface area contributed by atoms with Crippen molar-refractivity contribution in [2.45, 2.75) is 38.6 Å². The highest BCUT2D eigenvalue weighted by Crippen LogP contribution is 2.25. The highest BCUT2D eigenvalue weighted by molar-refractivity contribution is 5.99. The Hall–Kier alpha value is -1.88. The van der Waals surface area contributed by atoms with Gasteiger partial charge in [-0.2, -0.15) is 0 Å². The normalized spacial score (nSPS) is 21.7. The Labute approximate surface area is 118 Å². The van der Waals surface area contributed by atoms with Gasteiger partial charge in [-0.3, -0.25) is 4.79 Å². The third-order valence-electron chi connectivity index (χ3n) is 4.00. The standard InChI is InChI=1S/C15H20N2O3/c1-3-15(7-4-8-16-15)14(20)17-11-5-6-12(13(18)19)10(2)9-11/h5-6,9,16H,3-4,7-8H2,1-2H3,(H,17,20)(H,18,19). The number of hydrogen-bond donors (Lipinski definition) is 3. The fourth-order valence-corrected chi connectivity index (χ4v) is 2.69. The van der Waals surface area contributed by atoms with Crippen LogP contribution < -0.4 is 10.6 Å². The van der Waals surface area contributed by atoms with Gasteiger partial charge in [-0.15, -0.1) is 0 Å². The zero-order chi connectivity index (χ0) is 14.8. The Morgan fingerprint density at radius 2 is 2.20 bits per heavy atom. The first-order valence-corrected chi connectivity index (χ1v) is 6.89. The number of anilines is 1. The van der Waals surface area contributed by atoms with Crippen LogP contribution in [0, 0.1) is 6.92 Å². The molecule has 0 saturated carbocycles. The summed E-state index contributed by atoms with van der Waals surface area (Å²) in [7, 11) is 0. The maximum absolute atomic E-state index is 12.4. The number of hydrogen-bond acceptors (Lipinski definition) is 3.